The fourth-order valence-electron chi connectivity index (χ4n) is 1.87. The fourth-order valence-corrected chi connectivity index (χ4v) is 1.87. The number of hydrogen-bond donors (Lipinski definition) is 0. The Bertz CT molecular complexity index is 289. The first-order valence-electron chi connectivity index (χ1n) is 6.44. The van der Waals surface area contributed by atoms with E-state index in [9.17, 15) is 0 Å². The summed E-state index contributed by atoms with van der Waals surface area (Å²) in [6, 6.07) is 0. The molecule has 0 N–H and O–H groups in total. The quantitative estimate of drug-likeness (QED) is 0.528. The molecule has 0 aliphatic heterocycles. The van der Waals surface area contributed by atoms with Gasteiger partial charge in [0, 0.05) is 5.92 Å². The predicted molar refractivity (Wildman–Crippen MR) is 73.4 cm³/mol. The van der Waals surface area contributed by atoms with Gasteiger partial charge in [0.1, 0.15) is 0 Å². The van der Waals surface area contributed by atoms with Crippen molar-refractivity contribution < 1.29 is 0 Å². The van der Waals surface area contributed by atoms with Crippen molar-refractivity contribution in [3.8, 4) is 0 Å². The second kappa shape index (κ2) is 8.15. The maximum absolute atomic E-state index is 2.37. The Morgan fingerprint density at radius 2 is 1.50 bits per heavy atom. The first kappa shape index (κ1) is 13.0. The largest absolute Gasteiger partial charge is 0.0882 e. The molecule has 0 bridgehead atoms. The predicted octanol–water partition coefficient (Wildman–Crippen LogP) is 5.20. The fraction of sp³-hybridized carbons (Fsp3) is 0.500. The van der Waals surface area contributed by atoms with Gasteiger partial charge in [-0.05, 0) is 46.0 Å². The summed E-state index contributed by atoms with van der Waals surface area (Å²) in [4.78, 5) is 0. The molecule has 1 rings (SSSR count). The molecule has 0 saturated heterocycles. The molecular weight excluding hydrogens is 192 g/mol. The minimum absolute atomic E-state index is 0.602. The highest BCUT2D eigenvalue weighted by molar-refractivity contribution is 5.12. The summed E-state index contributed by atoms with van der Waals surface area (Å²) in [6.45, 7) is 4.36. The molecule has 88 valence electrons. The molecular formula is C16H24. The summed E-state index contributed by atoms with van der Waals surface area (Å²) in [5.74, 6) is 0.602. The lowest BCUT2D eigenvalue weighted by atomic mass is 9.95. The summed E-state index contributed by atoms with van der Waals surface area (Å²) in [5.41, 5.74) is 1.48. The summed E-state index contributed by atoms with van der Waals surface area (Å²) in [5, 5.41) is 0. The van der Waals surface area contributed by atoms with Crippen LogP contribution in [0.25, 0.3) is 0 Å². The molecule has 0 aromatic carbocycles. The van der Waals surface area contributed by atoms with Gasteiger partial charge in [0.2, 0.25) is 0 Å². The summed E-state index contributed by atoms with van der Waals surface area (Å²) >= 11 is 0. The molecule has 0 spiro atoms. The van der Waals surface area contributed by atoms with Gasteiger partial charge >= 0.3 is 0 Å². The van der Waals surface area contributed by atoms with Crippen molar-refractivity contribution in [1.29, 1.82) is 0 Å². The van der Waals surface area contributed by atoms with Gasteiger partial charge < -0.3 is 0 Å². The summed E-state index contributed by atoms with van der Waals surface area (Å²) < 4.78 is 0. The number of rotatable bonds is 1. The lowest BCUT2D eigenvalue weighted by molar-refractivity contribution is 0.763. The van der Waals surface area contributed by atoms with E-state index in [2.05, 4.69) is 56.4 Å². The zero-order valence-electron chi connectivity index (χ0n) is 10.7. The normalized spacial score (nSPS) is 29.9. The molecule has 0 aromatic heterocycles. The van der Waals surface area contributed by atoms with Crippen LogP contribution in [0.4, 0.5) is 0 Å². The molecule has 16 heavy (non-hydrogen) atoms. The molecule has 1 unspecified atom stereocenters. The van der Waals surface area contributed by atoms with Crippen LogP contribution in [0.2, 0.25) is 0 Å². The smallest absolute Gasteiger partial charge is 0.000835 e. The molecule has 1 aliphatic carbocycles. The minimum atomic E-state index is 0.602. The van der Waals surface area contributed by atoms with E-state index in [1.165, 1.54) is 31.3 Å². The zero-order valence-corrected chi connectivity index (χ0v) is 10.7. The molecule has 0 radical (unpaired) electrons. The molecule has 1 atom stereocenters. The van der Waals surface area contributed by atoms with Crippen LogP contribution >= 0.6 is 0 Å². The van der Waals surface area contributed by atoms with Gasteiger partial charge in [-0.2, -0.15) is 0 Å². The Morgan fingerprint density at radius 1 is 0.938 bits per heavy atom. The highest BCUT2D eigenvalue weighted by Gasteiger charge is 2.03. The highest BCUT2D eigenvalue weighted by atomic mass is 14.1. The Balaban J connectivity index is 2.64. The first-order valence-corrected chi connectivity index (χ1v) is 6.44. The Morgan fingerprint density at radius 3 is 2.12 bits per heavy atom. The van der Waals surface area contributed by atoms with Crippen molar-refractivity contribution in [2.75, 3.05) is 0 Å². The van der Waals surface area contributed by atoms with Crippen LogP contribution in [0.15, 0.2) is 48.1 Å². The molecule has 0 heteroatoms. The third-order valence-electron chi connectivity index (χ3n) is 3.13. The van der Waals surface area contributed by atoms with Crippen LogP contribution in [-0.4, -0.2) is 0 Å². The Labute approximate surface area is 100 Å². The van der Waals surface area contributed by atoms with E-state index in [1.54, 1.807) is 0 Å². The van der Waals surface area contributed by atoms with Crippen molar-refractivity contribution >= 4 is 0 Å². The van der Waals surface area contributed by atoms with Crippen LogP contribution in [0.5, 0.6) is 0 Å². The first-order chi connectivity index (χ1) is 7.84. The lowest BCUT2D eigenvalue weighted by Gasteiger charge is -2.11. The van der Waals surface area contributed by atoms with E-state index in [4.69, 9.17) is 0 Å². The molecule has 0 aromatic rings. The van der Waals surface area contributed by atoms with Gasteiger partial charge in [-0.1, -0.05) is 48.1 Å². The minimum Gasteiger partial charge on any atom is -0.0882 e. The summed E-state index contributed by atoms with van der Waals surface area (Å²) in [6.07, 6.45) is 22.1. The topological polar surface area (TPSA) is 0 Å². The third-order valence-corrected chi connectivity index (χ3v) is 3.13. The standard InChI is InChI=1S/C16H24/c1-3-15(2)16-13-11-9-7-5-4-6-8-10-12-14-16/h3-5,10-13,16H,6-9,14H2,1-2H3/b5-4+,12-10+,13-11+,15-3-. The van der Waals surface area contributed by atoms with Gasteiger partial charge in [0.25, 0.3) is 0 Å². The van der Waals surface area contributed by atoms with Crippen LogP contribution in [-0.2, 0) is 0 Å². The van der Waals surface area contributed by atoms with E-state index in [1.807, 2.05) is 0 Å². The van der Waals surface area contributed by atoms with Crippen LogP contribution in [0.3, 0.4) is 0 Å². The highest BCUT2D eigenvalue weighted by Crippen LogP contribution is 2.18. The molecule has 0 saturated carbocycles. The van der Waals surface area contributed by atoms with Crippen LogP contribution in [0.1, 0.15) is 46.0 Å². The maximum atomic E-state index is 2.37. The monoisotopic (exact) mass is 216 g/mol. The molecule has 1 aliphatic rings. The SMILES string of the molecule is C/C=C(/C)C1/C=C/CC/C=C/CC/C=C/C1. The average molecular weight is 216 g/mol. The molecule has 0 nitrogen and oxygen atoms in total. The Kier molecular flexibility index (Phi) is 6.64. The number of hydrogen-bond acceptors (Lipinski definition) is 0. The van der Waals surface area contributed by atoms with E-state index >= 15 is 0 Å². The second-order valence-electron chi connectivity index (χ2n) is 4.40. The van der Waals surface area contributed by atoms with Crippen LogP contribution < -0.4 is 0 Å². The van der Waals surface area contributed by atoms with Crippen molar-refractivity contribution in [3.05, 3.63) is 48.1 Å². The van der Waals surface area contributed by atoms with Crippen molar-refractivity contribution in [1.82, 2.24) is 0 Å². The zero-order chi connectivity index (χ0) is 11.6. The van der Waals surface area contributed by atoms with Crippen molar-refractivity contribution in [2.24, 2.45) is 5.92 Å². The van der Waals surface area contributed by atoms with Gasteiger partial charge in [-0.3, -0.25) is 0 Å². The van der Waals surface area contributed by atoms with Crippen molar-refractivity contribution in [2.45, 2.75) is 46.0 Å². The average Bonchev–Trinajstić information content (AvgIpc) is 2.29. The molecule has 0 amide bonds. The Hall–Kier alpha value is -1.04. The van der Waals surface area contributed by atoms with Gasteiger partial charge in [0.05, 0.1) is 0 Å². The van der Waals surface area contributed by atoms with Gasteiger partial charge in [-0.15, -0.1) is 0 Å². The summed E-state index contributed by atoms with van der Waals surface area (Å²) in [7, 11) is 0. The van der Waals surface area contributed by atoms with Gasteiger partial charge in [0.15, 0.2) is 0 Å². The molecule has 0 heterocycles. The lowest BCUT2D eigenvalue weighted by Crippen LogP contribution is -1.96. The van der Waals surface area contributed by atoms with E-state index in [0.717, 1.165) is 6.42 Å². The van der Waals surface area contributed by atoms with E-state index in [-0.39, 0.29) is 0 Å². The third kappa shape index (κ3) is 5.16. The van der Waals surface area contributed by atoms with Gasteiger partial charge in [-0.25, -0.2) is 0 Å². The second-order valence-corrected chi connectivity index (χ2v) is 4.40. The van der Waals surface area contributed by atoms with Crippen LogP contribution in [0, 0.1) is 5.92 Å². The molecule has 0 fully saturated rings. The van der Waals surface area contributed by atoms with E-state index in [0.29, 0.717) is 5.92 Å². The maximum Gasteiger partial charge on any atom is 0.000835 e. The van der Waals surface area contributed by atoms with E-state index < -0.39 is 0 Å². The number of allylic oxidation sites excluding steroid dienone is 8. The van der Waals surface area contributed by atoms with Crippen molar-refractivity contribution in [3.63, 3.8) is 0 Å².